The lowest BCUT2D eigenvalue weighted by Gasteiger charge is -2.18. The van der Waals surface area contributed by atoms with Gasteiger partial charge in [-0.05, 0) is 108 Å². The van der Waals surface area contributed by atoms with E-state index in [0.717, 1.165) is 51.9 Å². The predicted molar refractivity (Wildman–Crippen MR) is 252 cm³/mol. The van der Waals surface area contributed by atoms with Crippen molar-refractivity contribution in [3.05, 3.63) is 222 Å². The van der Waals surface area contributed by atoms with Crippen LogP contribution in [0.5, 0.6) is 0 Å². The Balaban J connectivity index is 1.03. The highest BCUT2D eigenvalue weighted by Crippen LogP contribution is 2.38. The minimum Gasteiger partial charge on any atom is -0.263 e. The van der Waals surface area contributed by atoms with Gasteiger partial charge in [0.1, 0.15) is 0 Å². The van der Waals surface area contributed by atoms with Gasteiger partial charge in [0.25, 0.3) is 0 Å². The molecule has 1 atom stereocenters. The maximum Gasteiger partial charge on any atom is 0.0671 e. The van der Waals surface area contributed by atoms with E-state index in [1.54, 1.807) is 0 Å². The summed E-state index contributed by atoms with van der Waals surface area (Å²) in [6.07, 6.45) is 13.0. The molecule has 1 aromatic heterocycles. The summed E-state index contributed by atoms with van der Waals surface area (Å²) >= 11 is 0. The molecule has 9 aromatic rings. The van der Waals surface area contributed by atoms with Gasteiger partial charge in [-0.15, -0.1) is 0 Å². The van der Waals surface area contributed by atoms with Crippen molar-refractivity contribution in [2.45, 2.75) is 32.6 Å². The first-order valence-corrected chi connectivity index (χ1v) is 20.7. The van der Waals surface area contributed by atoms with Gasteiger partial charge in [-0.1, -0.05) is 189 Å². The first-order valence-electron chi connectivity index (χ1n) is 20.7. The molecule has 282 valence electrons. The highest BCUT2D eigenvalue weighted by atomic mass is 14.8. The molecule has 1 aliphatic rings. The highest BCUT2D eigenvalue weighted by molar-refractivity contribution is 6.04. The van der Waals surface area contributed by atoms with Crippen molar-refractivity contribution in [1.29, 1.82) is 0 Å². The van der Waals surface area contributed by atoms with Crippen molar-refractivity contribution in [1.82, 2.24) is 4.98 Å². The van der Waals surface area contributed by atoms with E-state index in [1.165, 1.54) is 65.9 Å². The number of aryl methyl sites for hydroxylation is 1. The molecule has 0 saturated heterocycles. The first kappa shape index (κ1) is 36.2. The molecule has 2 nitrogen and oxygen atoms in total. The normalized spacial score (nSPS) is 13.5. The van der Waals surface area contributed by atoms with Gasteiger partial charge in [-0.25, -0.2) is 0 Å². The number of rotatable bonds is 8. The lowest BCUT2D eigenvalue weighted by molar-refractivity contribution is 0.967. The Morgan fingerprint density at radius 3 is 2.00 bits per heavy atom. The zero-order chi connectivity index (χ0) is 39.7. The van der Waals surface area contributed by atoms with Crippen LogP contribution in [0.25, 0.3) is 77.5 Å². The van der Waals surface area contributed by atoms with Gasteiger partial charge >= 0.3 is 0 Å². The Morgan fingerprint density at radius 1 is 0.559 bits per heavy atom. The molecule has 1 aliphatic carbocycles. The fourth-order valence-electron chi connectivity index (χ4n) is 8.84. The number of hydrogen-bond acceptors (Lipinski definition) is 2. The van der Waals surface area contributed by atoms with E-state index in [9.17, 15) is 0 Å². The van der Waals surface area contributed by atoms with E-state index in [2.05, 4.69) is 207 Å². The zero-order valence-corrected chi connectivity index (χ0v) is 33.4. The second-order valence-corrected chi connectivity index (χ2v) is 15.7. The van der Waals surface area contributed by atoms with E-state index in [0.29, 0.717) is 0 Å². The molecule has 10 rings (SSSR count). The summed E-state index contributed by atoms with van der Waals surface area (Å²) < 4.78 is 0. The standard InChI is InChI=1S/C57H44N2/c1-38(45-17-11-18-46(34-45)55-35-47-14-4-7-20-51(47)53-22-9-10-23-54(53)55)33-57(44-31-29-43(30-32-44)56-37-58-36-48-15-5-8-21-52(48)56)59-39(2)40-25-27-42(28-26-40)50-24-12-16-41-13-3-6-19-49(41)50/h3,5-13,15-38H,4,14H2,1-2H3/b57-33-,59-39?. The predicted octanol–water partition coefficient (Wildman–Crippen LogP) is 15.2. The zero-order valence-electron chi connectivity index (χ0n) is 33.4. The van der Waals surface area contributed by atoms with Crippen LogP contribution in [-0.2, 0) is 6.42 Å². The molecule has 8 aromatic carbocycles. The third-order valence-electron chi connectivity index (χ3n) is 12.0. The maximum absolute atomic E-state index is 5.42. The van der Waals surface area contributed by atoms with Crippen LogP contribution in [0, 0.1) is 0 Å². The molecule has 59 heavy (non-hydrogen) atoms. The van der Waals surface area contributed by atoms with Crippen LogP contribution in [-0.4, -0.2) is 10.7 Å². The molecular weight excluding hydrogens is 713 g/mol. The van der Waals surface area contributed by atoms with Crippen LogP contribution in [0.4, 0.5) is 0 Å². The van der Waals surface area contributed by atoms with Crippen molar-refractivity contribution >= 4 is 49.8 Å². The second-order valence-electron chi connectivity index (χ2n) is 15.7. The maximum atomic E-state index is 5.42. The van der Waals surface area contributed by atoms with E-state index in [-0.39, 0.29) is 5.92 Å². The van der Waals surface area contributed by atoms with Gasteiger partial charge in [0, 0.05) is 35.0 Å². The summed E-state index contributed by atoms with van der Waals surface area (Å²) in [7, 11) is 0. The van der Waals surface area contributed by atoms with Crippen LogP contribution in [0.2, 0.25) is 0 Å². The van der Waals surface area contributed by atoms with Gasteiger partial charge in [0.05, 0.1) is 5.70 Å². The van der Waals surface area contributed by atoms with Gasteiger partial charge in [0.2, 0.25) is 0 Å². The first-order chi connectivity index (χ1) is 29.1. The number of pyridine rings is 1. The van der Waals surface area contributed by atoms with Crippen molar-refractivity contribution in [2.24, 2.45) is 4.99 Å². The summed E-state index contributed by atoms with van der Waals surface area (Å²) in [6.45, 7) is 4.41. The van der Waals surface area contributed by atoms with E-state index >= 15 is 0 Å². The summed E-state index contributed by atoms with van der Waals surface area (Å²) in [5.41, 5.74) is 15.4. The third-order valence-corrected chi connectivity index (χ3v) is 12.0. The molecule has 0 spiro atoms. The number of aromatic nitrogens is 1. The molecule has 0 radical (unpaired) electrons. The molecule has 0 aliphatic heterocycles. The number of hydrogen-bond donors (Lipinski definition) is 0. The quantitative estimate of drug-likeness (QED) is 0.142. The van der Waals surface area contributed by atoms with E-state index < -0.39 is 0 Å². The van der Waals surface area contributed by atoms with Crippen LogP contribution >= 0.6 is 0 Å². The molecule has 1 heterocycles. The highest BCUT2D eigenvalue weighted by Gasteiger charge is 2.16. The number of nitrogens with zero attached hydrogens (tertiary/aromatic N) is 2. The van der Waals surface area contributed by atoms with Crippen molar-refractivity contribution in [3.63, 3.8) is 0 Å². The lowest BCUT2D eigenvalue weighted by Crippen LogP contribution is -1.99. The number of aliphatic imine (C=N–C) groups is 1. The fraction of sp³-hybridized carbons (Fsp3) is 0.0877. The number of fused-ring (bicyclic) bond motifs is 5. The Hall–Kier alpha value is -7.16. The molecule has 0 bridgehead atoms. The Kier molecular flexibility index (Phi) is 9.60. The molecule has 0 N–H and O–H groups in total. The largest absolute Gasteiger partial charge is 0.263 e. The van der Waals surface area contributed by atoms with Gasteiger partial charge in [-0.3, -0.25) is 9.98 Å². The van der Waals surface area contributed by atoms with Crippen LogP contribution < -0.4 is 0 Å². The Labute approximate surface area is 346 Å². The summed E-state index contributed by atoms with van der Waals surface area (Å²) in [5, 5.41) is 7.47. The van der Waals surface area contributed by atoms with Crippen molar-refractivity contribution in [3.8, 4) is 33.4 Å². The minimum atomic E-state index is 0.101. The van der Waals surface area contributed by atoms with Crippen LogP contribution in [0.1, 0.15) is 54.0 Å². The smallest absolute Gasteiger partial charge is 0.0671 e. The van der Waals surface area contributed by atoms with Gasteiger partial charge in [0.15, 0.2) is 0 Å². The van der Waals surface area contributed by atoms with Crippen LogP contribution in [0.15, 0.2) is 199 Å². The number of allylic oxidation sites excluding steroid dienone is 2. The molecule has 1 unspecified atom stereocenters. The summed E-state index contributed by atoms with van der Waals surface area (Å²) in [4.78, 5) is 9.98. The minimum absolute atomic E-state index is 0.101. The molecule has 2 heteroatoms. The van der Waals surface area contributed by atoms with Crippen LogP contribution in [0.3, 0.4) is 0 Å². The number of benzene rings is 8. The Bertz CT molecular complexity index is 3100. The van der Waals surface area contributed by atoms with Gasteiger partial charge in [-0.2, -0.15) is 0 Å². The third kappa shape index (κ3) is 7.08. The topological polar surface area (TPSA) is 25.2 Å². The summed E-state index contributed by atoms with van der Waals surface area (Å²) in [5.74, 6) is 0.101. The molecule has 0 saturated carbocycles. The SMILES string of the molecule is CC(=N/C(=C\C(C)c1cccc(-c2cc3c(c4ccccc24)C=CCC3)c1)c1ccc(-c2cncc3ccccc23)cc1)c1ccc(-c2cccc3ccccc23)cc1. The summed E-state index contributed by atoms with van der Waals surface area (Å²) in [6, 6.07) is 61.6. The van der Waals surface area contributed by atoms with Gasteiger partial charge < -0.3 is 0 Å². The van der Waals surface area contributed by atoms with Crippen molar-refractivity contribution in [2.75, 3.05) is 0 Å². The average Bonchev–Trinajstić information content (AvgIpc) is 3.31. The Morgan fingerprint density at radius 2 is 1.20 bits per heavy atom. The molecular formula is C57H44N2. The molecule has 0 amide bonds. The second kappa shape index (κ2) is 15.6. The monoisotopic (exact) mass is 756 g/mol. The average molecular weight is 757 g/mol. The van der Waals surface area contributed by atoms with Crippen molar-refractivity contribution < 1.29 is 0 Å². The van der Waals surface area contributed by atoms with E-state index in [4.69, 9.17) is 4.99 Å². The molecule has 0 fully saturated rings. The van der Waals surface area contributed by atoms with E-state index in [1.807, 2.05) is 12.4 Å². The lowest BCUT2D eigenvalue weighted by atomic mass is 9.86. The fourth-order valence-corrected chi connectivity index (χ4v) is 8.84.